The van der Waals surface area contributed by atoms with Crippen LogP contribution in [0.4, 0.5) is 0 Å². The van der Waals surface area contributed by atoms with Crippen molar-refractivity contribution in [2.24, 2.45) is 0 Å². The van der Waals surface area contributed by atoms with E-state index in [2.05, 4.69) is 19.1 Å². The van der Waals surface area contributed by atoms with Crippen LogP contribution in [-0.2, 0) is 6.42 Å². The monoisotopic (exact) mass is 268 g/mol. The Morgan fingerprint density at radius 1 is 0.850 bits per heavy atom. The summed E-state index contributed by atoms with van der Waals surface area (Å²) in [5.74, 6) is 0. The Morgan fingerprint density at radius 3 is 2.20 bits per heavy atom. The van der Waals surface area contributed by atoms with Gasteiger partial charge in [-0.15, -0.1) is 0 Å². The molecule has 0 fully saturated rings. The number of hydrogen-bond acceptors (Lipinski definition) is 2. The van der Waals surface area contributed by atoms with Crippen LogP contribution in [0.25, 0.3) is 11.1 Å². The summed E-state index contributed by atoms with van der Waals surface area (Å²) in [5, 5.41) is 19.1. The number of hydrogen-bond donors (Lipinski definition) is 2. The highest BCUT2D eigenvalue weighted by molar-refractivity contribution is 6.60. The molecule has 0 unspecified atom stereocenters. The Bertz CT molecular complexity index is 552. The zero-order valence-electron chi connectivity index (χ0n) is 11.9. The van der Waals surface area contributed by atoms with E-state index in [1.807, 2.05) is 30.3 Å². The maximum atomic E-state index is 9.53. The van der Waals surface area contributed by atoms with Crippen LogP contribution in [0.15, 0.2) is 48.5 Å². The fourth-order valence-corrected chi connectivity index (χ4v) is 2.53. The molecule has 0 aliphatic heterocycles. The Labute approximate surface area is 121 Å². The summed E-state index contributed by atoms with van der Waals surface area (Å²) in [6, 6.07) is 15.7. The topological polar surface area (TPSA) is 40.5 Å². The smallest absolute Gasteiger partial charge is 0.423 e. The van der Waals surface area contributed by atoms with E-state index in [-0.39, 0.29) is 0 Å². The van der Waals surface area contributed by atoms with Crippen molar-refractivity contribution in [2.45, 2.75) is 32.6 Å². The Kier molecular flexibility index (Phi) is 5.39. The largest absolute Gasteiger partial charge is 0.489 e. The fraction of sp³-hybridized carbons (Fsp3) is 0.294. The molecule has 20 heavy (non-hydrogen) atoms. The van der Waals surface area contributed by atoms with Crippen LogP contribution in [0, 0.1) is 0 Å². The average Bonchev–Trinajstić information content (AvgIpc) is 2.48. The Hall–Kier alpha value is -1.58. The summed E-state index contributed by atoms with van der Waals surface area (Å²) in [4.78, 5) is 0. The van der Waals surface area contributed by atoms with Gasteiger partial charge in [-0.05, 0) is 35.0 Å². The first kappa shape index (κ1) is 14.8. The van der Waals surface area contributed by atoms with Crippen LogP contribution < -0.4 is 5.46 Å². The minimum atomic E-state index is -1.44. The molecule has 0 aliphatic carbocycles. The van der Waals surface area contributed by atoms with Gasteiger partial charge < -0.3 is 10.0 Å². The van der Waals surface area contributed by atoms with E-state index in [0.29, 0.717) is 5.46 Å². The molecule has 2 aromatic rings. The van der Waals surface area contributed by atoms with E-state index in [0.717, 1.165) is 24.0 Å². The maximum absolute atomic E-state index is 9.53. The molecule has 0 bridgehead atoms. The zero-order valence-corrected chi connectivity index (χ0v) is 11.9. The fourth-order valence-electron chi connectivity index (χ4n) is 2.53. The van der Waals surface area contributed by atoms with Gasteiger partial charge in [0.15, 0.2) is 0 Å². The summed E-state index contributed by atoms with van der Waals surface area (Å²) in [6.45, 7) is 2.20. The average molecular weight is 268 g/mol. The van der Waals surface area contributed by atoms with Crippen LogP contribution in [-0.4, -0.2) is 17.2 Å². The number of unbranched alkanes of at least 4 members (excludes halogenated alkanes) is 2. The summed E-state index contributed by atoms with van der Waals surface area (Å²) in [7, 11) is -1.44. The molecule has 2 nitrogen and oxygen atoms in total. The molecule has 0 spiro atoms. The summed E-state index contributed by atoms with van der Waals surface area (Å²) < 4.78 is 0. The van der Waals surface area contributed by atoms with E-state index >= 15 is 0 Å². The summed E-state index contributed by atoms with van der Waals surface area (Å²) in [6.07, 6.45) is 4.62. The van der Waals surface area contributed by atoms with Crippen LogP contribution in [0.5, 0.6) is 0 Å². The lowest BCUT2D eigenvalue weighted by molar-refractivity contribution is 0.426. The predicted molar refractivity (Wildman–Crippen MR) is 84.9 cm³/mol. The minimum absolute atomic E-state index is 0.565. The summed E-state index contributed by atoms with van der Waals surface area (Å²) >= 11 is 0. The third-order valence-corrected chi connectivity index (χ3v) is 3.60. The maximum Gasteiger partial charge on any atom is 0.489 e. The van der Waals surface area contributed by atoms with Gasteiger partial charge in [0.1, 0.15) is 0 Å². The van der Waals surface area contributed by atoms with Crippen LogP contribution >= 0.6 is 0 Å². The van der Waals surface area contributed by atoms with E-state index in [1.54, 1.807) is 6.07 Å². The molecule has 0 amide bonds. The van der Waals surface area contributed by atoms with Crippen molar-refractivity contribution in [1.82, 2.24) is 0 Å². The van der Waals surface area contributed by atoms with Crippen LogP contribution in [0.2, 0.25) is 0 Å². The lowest BCUT2D eigenvalue weighted by atomic mass is 9.74. The van der Waals surface area contributed by atoms with Gasteiger partial charge in [0.25, 0.3) is 0 Å². The molecular formula is C17H21BO2. The van der Waals surface area contributed by atoms with Crippen molar-refractivity contribution in [1.29, 1.82) is 0 Å². The molecule has 2 aromatic carbocycles. The van der Waals surface area contributed by atoms with E-state index in [1.165, 1.54) is 18.4 Å². The highest BCUT2D eigenvalue weighted by Gasteiger charge is 2.17. The zero-order chi connectivity index (χ0) is 14.4. The van der Waals surface area contributed by atoms with Gasteiger partial charge in [0, 0.05) is 0 Å². The first-order valence-electron chi connectivity index (χ1n) is 7.27. The van der Waals surface area contributed by atoms with E-state index < -0.39 is 7.12 Å². The standard InChI is InChI=1S/C17H21BO2/c1-2-3-4-9-14-10-5-6-11-15(14)16-12-7-8-13-17(16)18(19)20/h5-8,10-13,19-20H,2-4,9H2,1H3. The second-order valence-corrected chi connectivity index (χ2v) is 5.08. The van der Waals surface area contributed by atoms with Crippen molar-refractivity contribution in [3.63, 3.8) is 0 Å². The number of rotatable bonds is 6. The normalized spacial score (nSPS) is 10.6. The minimum Gasteiger partial charge on any atom is -0.423 e. The molecule has 0 aromatic heterocycles. The highest BCUT2D eigenvalue weighted by Crippen LogP contribution is 2.24. The third kappa shape index (κ3) is 3.50. The molecular weight excluding hydrogens is 247 g/mol. The highest BCUT2D eigenvalue weighted by atomic mass is 16.4. The van der Waals surface area contributed by atoms with Crippen molar-refractivity contribution < 1.29 is 10.0 Å². The van der Waals surface area contributed by atoms with Crippen LogP contribution in [0.1, 0.15) is 31.7 Å². The van der Waals surface area contributed by atoms with Crippen molar-refractivity contribution in [3.8, 4) is 11.1 Å². The van der Waals surface area contributed by atoms with Crippen LogP contribution in [0.3, 0.4) is 0 Å². The molecule has 104 valence electrons. The molecule has 0 heterocycles. The molecule has 2 rings (SSSR count). The predicted octanol–water partition coefficient (Wildman–Crippen LogP) is 2.77. The van der Waals surface area contributed by atoms with Gasteiger partial charge in [-0.3, -0.25) is 0 Å². The van der Waals surface area contributed by atoms with E-state index in [9.17, 15) is 10.0 Å². The molecule has 0 aliphatic rings. The Morgan fingerprint density at radius 2 is 1.50 bits per heavy atom. The molecule has 2 N–H and O–H groups in total. The molecule has 3 heteroatoms. The third-order valence-electron chi connectivity index (χ3n) is 3.60. The molecule has 0 saturated heterocycles. The van der Waals surface area contributed by atoms with Gasteiger partial charge >= 0.3 is 7.12 Å². The van der Waals surface area contributed by atoms with Crippen molar-refractivity contribution >= 4 is 12.6 Å². The lowest BCUT2D eigenvalue weighted by Crippen LogP contribution is -2.31. The molecule has 0 radical (unpaired) electrons. The van der Waals surface area contributed by atoms with E-state index in [4.69, 9.17) is 0 Å². The summed E-state index contributed by atoms with van der Waals surface area (Å²) in [5.41, 5.74) is 3.85. The van der Waals surface area contributed by atoms with Gasteiger partial charge in [0.2, 0.25) is 0 Å². The quantitative estimate of drug-likeness (QED) is 0.624. The van der Waals surface area contributed by atoms with Gasteiger partial charge in [-0.1, -0.05) is 68.3 Å². The van der Waals surface area contributed by atoms with Crippen molar-refractivity contribution in [3.05, 3.63) is 54.1 Å². The second kappa shape index (κ2) is 7.27. The molecule has 0 saturated carbocycles. The number of benzene rings is 2. The first-order valence-corrected chi connectivity index (χ1v) is 7.27. The molecule has 0 atom stereocenters. The van der Waals surface area contributed by atoms with Gasteiger partial charge in [-0.25, -0.2) is 0 Å². The Balaban J connectivity index is 2.37. The second-order valence-electron chi connectivity index (χ2n) is 5.08. The van der Waals surface area contributed by atoms with Crippen molar-refractivity contribution in [2.75, 3.05) is 0 Å². The first-order chi connectivity index (χ1) is 9.74. The number of aryl methyl sites for hydroxylation is 1. The SMILES string of the molecule is CCCCCc1ccccc1-c1ccccc1B(O)O. The van der Waals surface area contributed by atoms with Gasteiger partial charge in [0.05, 0.1) is 0 Å². The van der Waals surface area contributed by atoms with Gasteiger partial charge in [-0.2, -0.15) is 0 Å². The lowest BCUT2D eigenvalue weighted by Gasteiger charge is -2.13.